The summed E-state index contributed by atoms with van der Waals surface area (Å²) in [5, 5.41) is 0. The maximum Gasteiger partial charge on any atom is 0.208 e. The molecule has 114 valence electrons. The van der Waals surface area contributed by atoms with Crippen LogP contribution in [0.15, 0.2) is 48.5 Å². The number of hydrogen-bond donors (Lipinski definition) is 2. The van der Waals surface area contributed by atoms with Crippen LogP contribution in [0.25, 0.3) is 22.4 Å². The number of nitrogens with one attached hydrogen (secondary N) is 2. The van der Waals surface area contributed by atoms with Gasteiger partial charge in [-0.3, -0.25) is 0 Å². The smallest absolute Gasteiger partial charge is 0.208 e. The summed E-state index contributed by atoms with van der Waals surface area (Å²) in [7, 11) is -3.14. The van der Waals surface area contributed by atoms with Crippen LogP contribution >= 0.6 is 0 Å². The predicted molar refractivity (Wildman–Crippen MR) is 88.1 cm³/mol. The Balaban J connectivity index is 1.81. The highest BCUT2D eigenvalue weighted by Gasteiger charge is 2.06. The quantitative estimate of drug-likeness (QED) is 0.759. The second kappa shape index (κ2) is 5.90. The van der Waals surface area contributed by atoms with Crippen LogP contribution in [-0.2, 0) is 16.4 Å². The number of H-pyrrole nitrogens is 1. The molecular formula is C16H17N3O2S. The van der Waals surface area contributed by atoms with E-state index < -0.39 is 10.0 Å². The van der Waals surface area contributed by atoms with Crippen molar-refractivity contribution in [3.05, 3.63) is 54.1 Å². The van der Waals surface area contributed by atoms with E-state index in [2.05, 4.69) is 14.7 Å². The Morgan fingerprint density at radius 3 is 2.64 bits per heavy atom. The normalized spacial score (nSPS) is 11.9. The van der Waals surface area contributed by atoms with Gasteiger partial charge in [0.1, 0.15) is 5.82 Å². The highest BCUT2D eigenvalue weighted by atomic mass is 32.2. The van der Waals surface area contributed by atoms with Gasteiger partial charge in [0.25, 0.3) is 0 Å². The number of nitrogens with zero attached hydrogens (tertiary/aromatic N) is 1. The number of imidazole rings is 1. The molecule has 0 fully saturated rings. The Bertz CT molecular complexity index is 886. The first-order valence-corrected chi connectivity index (χ1v) is 8.89. The third kappa shape index (κ3) is 3.52. The van der Waals surface area contributed by atoms with E-state index in [0.717, 1.165) is 34.2 Å². The minimum Gasteiger partial charge on any atom is -0.338 e. The summed E-state index contributed by atoms with van der Waals surface area (Å²) < 4.78 is 24.6. The van der Waals surface area contributed by atoms with Gasteiger partial charge in [0.05, 0.1) is 17.3 Å². The summed E-state index contributed by atoms with van der Waals surface area (Å²) in [6.07, 6.45) is 1.81. The third-order valence-corrected chi connectivity index (χ3v) is 4.10. The van der Waals surface area contributed by atoms with Crippen LogP contribution in [0.4, 0.5) is 0 Å². The molecule has 2 N–H and O–H groups in total. The van der Waals surface area contributed by atoms with Gasteiger partial charge in [-0.05, 0) is 24.1 Å². The standard InChI is InChI=1S/C16H17N3O2S/c1-22(20,21)17-10-9-12-7-8-14-15(11-12)19-16(18-14)13-5-3-2-4-6-13/h2-8,11,17H,9-10H2,1H3,(H,18,19). The van der Waals surface area contributed by atoms with Crippen molar-refractivity contribution in [2.24, 2.45) is 0 Å². The van der Waals surface area contributed by atoms with Crippen molar-refractivity contribution in [3.63, 3.8) is 0 Å². The topological polar surface area (TPSA) is 74.8 Å². The number of hydrogen-bond acceptors (Lipinski definition) is 3. The number of aromatic amines is 1. The summed E-state index contributed by atoms with van der Waals surface area (Å²) in [5.41, 5.74) is 3.96. The van der Waals surface area contributed by atoms with Gasteiger partial charge in [0.15, 0.2) is 0 Å². The lowest BCUT2D eigenvalue weighted by Crippen LogP contribution is -2.24. The molecule has 3 aromatic rings. The highest BCUT2D eigenvalue weighted by molar-refractivity contribution is 7.88. The molecule has 0 aliphatic heterocycles. The maximum absolute atomic E-state index is 11.1. The van der Waals surface area contributed by atoms with Gasteiger partial charge in [-0.25, -0.2) is 18.1 Å². The zero-order valence-corrected chi connectivity index (χ0v) is 13.0. The SMILES string of the molecule is CS(=O)(=O)NCCc1ccc2nc(-c3ccccc3)[nH]c2c1. The molecule has 1 aromatic heterocycles. The van der Waals surface area contributed by atoms with E-state index in [9.17, 15) is 8.42 Å². The lowest BCUT2D eigenvalue weighted by atomic mass is 10.1. The number of benzene rings is 2. The van der Waals surface area contributed by atoms with E-state index in [0.29, 0.717) is 13.0 Å². The lowest BCUT2D eigenvalue weighted by Gasteiger charge is -2.02. The van der Waals surface area contributed by atoms with Gasteiger partial charge in [-0.2, -0.15) is 0 Å². The molecule has 6 heteroatoms. The van der Waals surface area contributed by atoms with Crippen LogP contribution in [0.3, 0.4) is 0 Å². The average Bonchev–Trinajstić information content (AvgIpc) is 2.90. The zero-order chi connectivity index (χ0) is 15.6. The number of aromatic nitrogens is 2. The highest BCUT2D eigenvalue weighted by Crippen LogP contribution is 2.21. The van der Waals surface area contributed by atoms with E-state index in [4.69, 9.17) is 0 Å². The molecule has 22 heavy (non-hydrogen) atoms. The molecule has 0 saturated carbocycles. The van der Waals surface area contributed by atoms with Gasteiger partial charge in [-0.1, -0.05) is 36.4 Å². The van der Waals surface area contributed by atoms with E-state index >= 15 is 0 Å². The molecule has 3 rings (SSSR count). The largest absolute Gasteiger partial charge is 0.338 e. The first-order chi connectivity index (χ1) is 10.5. The third-order valence-electron chi connectivity index (χ3n) is 3.37. The van der Waals surface area contributed by atoms with Gasteiger partial charge in [-0.15, -0.1) is 0 Å². The molecule has 0 atom stereocenters. The van der Waals surface area contributed by atoms with Gasteiger partial charge in [0.2, 0.25) is 10.0 Å². The average molecular weight is 315 g/mol. The molecule has 1 heterocycles. The molecule has 0 saturated heterocycles. The van der Waals surface area contributed by atoms with Crippen molar-refractivity contribution in [2.75, 3.05) is 12.8 Å². The van der Waals surface area contributed by atoms with Crippen LogP contribution in [-0.4, -0.2) is 31.2 Å². The second-order valence-electron chi connectivity index (χ2n) is 5.22. The Hall–Kier alpha value is -2.18. The van der Waals surface area contributed by atoms with Crippen molar-refractivity contribution in [2.45, 2.75) is 6.42 Å². The molecule has 2 aromatic carbocycles. The summed E-state index contributed by atoms with van der Waals surface area (Å²) in [5.74, 6) is 0.835. The molecule has 0 aliphatic carbocycles. The fourth-order valence-electron chi connectivity index (χ4n) is 2.33. The molecule has 0 unspecified atom stereocenters. The van der Waals surface area contributed by atoms with Crippen LogP contribution in [0.2, 0.25) is 0 Å². The van der Waals surface area contributed by atoms with Crippen molar-refractivity contribution in [3.8, 4) is 11.4 Å². The maximum atomic E-state index is 11.1. The number of sulfonamides is 1. The molecule has 5 nitrogen and oxygen atoms in total. The van der Waals surface area contributed by atoms with Crippen molar-refractivity contribution >= 4 is 21.1 Å². The first kappa shape index (κ1) is 14.7. The van der Waals surface area contributed by atoms with E-state index in [1.807, 2.05) is 48.5 Å². The summed E-state index contributed by atoms with van der Waals surface area (Å²) in [4.78, 5) is 7.89. The fourth-order valence-corrected chi connectivity index (χ4v) is 2.80. The summed E-state index contributed by atoms with van der Waals surface area (Å²) in [6.45, 7) is 0.393. The summed E-state index contributed by atoms with van der Waals surface area (Å²) in [6, 6.07) is 15.9. The molecule has 0 amide bonds. The zero-order valence-electron chi connectivity index (χ0n) is 12.2. The fraction of sp³-hybridized carbons (Fsp3) is 0.188. The van der Waals surface area contributed by atoms with Crippen LogP contribution in [0.5, 0.6) is 0 Å². The molecule has 0 bridgehead atoms. The number of fused-ring (bicyclic) bond motifs is 1. The number of rotatable bonds is 5. The van der Waals surface area contributed by atoms with E-state index in [-0.39, 0.29) is 0 Å². The summed E-state index contributed by atoms with van der Waals surface area (Å²) >= 11 is 0. The van der Waals surface area contributed by atoms with Crippen molar-refractivity contribution in [1.29, 1.82) is 0 Å². The van der Waals surface area contributed by atoms with Gasteiger partial charge < -0.3 is 4.98 Å². The van der Waals surface area contributed by atoms with Gasteiger partial charge >= 0.3 is 0 Å². The minimum atomic E-state index is -3.14. The van der Waals surface area contributed by atoms with E-state index in [1.165, 1.54) is 0 Å². The van der Waals surface area contributed by atoms with E-state index in [1.54, 1.807) is 0 Å². The lowest BCUT2D eigenvalue weighted by molar-refractivity contribution is 0.588. The Morgan fingerprint density at radius 1 is 1.14 bits per heavy atom. The van der Waals surface area contributed by atoms with Crippen LogP contribution in [0, 0.1) is 0 Å². The Labute approximate surface area is 129 Å². The first-order valence-electron chi connectivity index (χ1n) is 7.00. The van der Waals surface area contributed by atoms with Crippen LogP contribution in [0.1, 0.15) is 5.56 Å². The monoisotopic (exact) mass is 315 g/mol. The van der Waals surface area contributed by atoms with Gasteiger partial charge in [0, 0.05) is 12.1 Å². The minimum absolute atomic E-state index is 0.393. The van der Waals surface area contributed by atoms with Crippen LogP contribution < -0.4 is 4.72 Å². The molecule has 0 spiro atoms. The predicted octanol–water partition coefficient (Wildman–Crippen LogP) is 2.32. The molecule has 0 aliphatic rings. The second-order valence-corrected chi connectivity index (χ2v) is 7.05. The van der Waals surface area contributed by atoms with Crippen molar-refractivity contribution < 1.29 is 8.42 Å². The molecular weight excluding hydrogens is 298 g/mol. The van der Waals surface area contributed by atoms with Crippen molar-refractivity contribution in [1.82, 2.24) is 14.7 Å². The Morgan fingerprint density at radius 2 is 1.91 bits per heavy atom. The molecule has 0 radical (unpaired) electrons. The Kier molecular flexibility index (Phi) is 3.96.